The molecular weight excluding hydrogens is 240 g/mol. The van der Waals surface area contributed by atoms with Gasteiger partial charge in [0.25, 0.3) is 5.91 Å². The maximum Gasteiger partial charge on any atom is 0.253 e. The van der Waals surface area contributed by atoms with Gasteiger partial charge in [0.15, 0.2) is 0 Å². The molecule has 4 heteroatoms. The zero-order chi connectivity index (χ0) is 13.7. The smallest absolute Gasteiger partial charge is 0.253 e. The van der Waals surface area contributed by atoms with Gasteiger partial charge in [-0.05, 0) is 44.0 Å². The number of ether oxygens (including phenoxy) is 1. The van der Waals surface area contributed by atoms with Crippen molar-refractivity contribution in [1.82, 2.24) is 4.90 Å². The number of hydrogen-bond donors (Lipinski definition) is 1. The van der Waals surface area contributed by atoms with Gasteiger partial charge in [0.2, 0.25) is 0 Å². The lowest BCUT2D eigenvalue weighted by Gasteiger charge is -2.24. The van der Waals surface area contributed by atoms with Crippen LogP contribution in [-0.2, 0) is 4.74 Å². The van der Waals surface area contributed by atoms with Crippen molar-refractivity contribution in [2.75, 3.05) is 32.1 Å². The van der Waals surface area contributed by atoms with Gasteiger partial charge in [0, 0.05) is 38.0 Å². The Balaban J connectivity index is 2.01. The first-order valence-corrected chi connectivity index (χ1v) is 6.93. The summed E-state index contributed by atoms with van der Waals surface area (Å²) in [7, 11) is 1.87. The fraction of sp³-hybridized carbons (Fsp3) is 0.533. The van der Waals surface area contributed by atoms with Crippen molar-refractivity contribution in [1.29, 1.82) is 0 Å². The highest BCUT2D eigenvalue weighted by Gasteiger charge is 2.22. The third-order valence-electron chi connectivity index (χ3n) is 3.54. The van der Waals surface area contributed by atoms with Gasteiger partial charge in [-0.15, -0.1) is 0 Å². The van der Waals surface area contributed by atoms with Crippen molar-refractivity contribution in [2.24, 2.45) is 0 Å². The molecule has 1 N–H and O–H groups in total. The van der Waals surface area contributed by atoms with Crippen LogP contribution in [-0.4, -0.2) is 43.7 Å². The average molecular weight is 262 g/mol. The number of rotatable bonds is 5. The number of amides is 1. The van der Waals surface area contributed by atoms with Crippen LogP contribution >= 0.6 is 0 Å². The quantitative estimate of drug-likeness (QED) is 0.885. The highest BCUT2D eigenvalue weighted by Crippen LogP contribution is 2.16. The van der Waals surface area contributed by atoms with E-state index in [-0.39, 0.29) is 12.0 Å². The molecule has 1 amide bonds. The first-order chi connectivity index (χ1) is 9.24. The van der Waals surface area contributed by atoms with Crippen molar-refractivity contribution < 1.29 is 9.53 Å². The van der Waals surface area contributed by atoms with Crippen molar-refractivity contribution in [2.45, 2.75) is 25.9 Å². The number of hydrogen-bond acceptors (Lipinski definition) is 3. The number of carbonyl (C=O) groups is 1. The zero-order valence-corrected chi connectivity index (χ0v) is 11.7. The van der Waals surface area contributed by atoms with E-state index in [2.05, 4.69) is 5.32 Å². The molecule has 0 bridgehead atoms. The van der Waals surface area contributed by atoms with Gasteiger partial charge in [-0.2, -0.15) is 0 Å². The van der Waals surface area contributed by atoms with Gasteiger partial charge in [0.1, 0.15) is 0 Å². The molecule has 1 aromatic rings. The average Bonchev–Trinajstić information content (AvgIpc) is 2.97. The molecule has 0 aromatic heterocycles. The molecule has 1 atom stereocenters. The van der Waals surface area contributed by atoms with E-state index >= 15 is 0 Å². The van der Waals surface area contributed by atoms with E-state index in [1.807, 2.05) is 43.1 Å². The SMILES string of the molecule is CCN(CC1CCCO1)C(=O)c1ccc(NC)cc1. The molecule has 0 saturated carbocycles. The van der Waals surface area contributed by atoms with Crippen LogP contribution in [0.1, 0.15) is 30.1 Å². The minimum absolute atomic E-state index is 0.0839. The molecule has 0 radical (unpaired) electrons. The molecule has 1 aliphatic rings. The lowest BCUT2D eigenvalue weighted by Crippen LogP contribution is -2.37. The third-order valence-corrected chi connectivity index (χ3v) is 3.54. The number of nitrogens with zero attached hydrogens (tertiary/aromatic N) is 1. The number of anilines is 1. The van der Waals surface area contributed by atoms with E-state index in [4.69, 9.17) is 4.74 Å². The monoisotopic (exact) mass is 262 g/mol. The summed E-state index contributed by atoms with van der Waals surface area (Å²) in [6.07, 6.45) is 2.37. The van der Waals surface area contributed by atoms with Crippen LogP contribution in [0.2, 0.25) is 0 Å². The Morgan fingerprint density at radius 1 is 1.42 bits per heavy atom. The molecule has 1 aliphatic heterocycles. The molecule has 1 fully saturated rings. The topological polar surface area (TPSA) is 41.6 Å². The molecule has 1 unspecified atom stereocenters. The van der Waals surface area contributed by atoms with Gasteiger partial charge in [-0.25, -0.2) is 0 Å². The van der Waals surface area contributed by atoms with Crippen LogP contribution in [0.3, 0.4) is 0 Å². The Hall–Kier alpha value is -1.55. The van der Waals surface area contributed by atoms with E-state index < -0.39 is 0 Å². The number of likely N-dealkylation sites (N-methyl/N-ethyl adjacent to an activating group) is 1. The Morgan fingerprint density at radius 2 is 2.16 bits per heavy atom. The van der Waals surface area contributed by atoms with Crippen molar-refractivity contribution in [3.05, 3.63) is 29.8 Å². The summed E-state index contributed by atoms with van der Waals surface area (Å²) in [4.78, 5) is 14.3. The van der Waals surface area contributed by atoms with Crippen LogP contribution < -0.4 is 5.32 Å². The lowest BCUT2D eigenvalue weighted by atomic mass is 10.1. The van der Waals surface area contributed by atoms with E-state index in [0.717, 1.165) is 30.7 Å². The molecule has 19 heavy (non-hydrogen) atoms. The van der Waals surface area contributed by atoms with Gasteiger partial charge >= 0.3 is 0 Å². The highest BCUT2D eigenvalue weighted by molar-refractivity contribution is 5.94. The maximum absolute atomic E-state index is 12.4. The molecule has 0 aliphatic carbocycles. The van der Waals surface area contributed by atoms with Gasteiger partial charge < -0.3 is 15.0 Å². The second-order valence-electron chi connectivity index (χ2n) is 4.81. The second kappa shape index (κ2) is 6.57. The van der Waals surface area contributed by atoms with Crippen molar-refractivity contribution >= 4 is 11.6 Å². The van der Waals surface area contributed by atoms with Crippen LogP contribution in [0, 0.1) is 0 Å². The van der Waals surface area contributed by atoms with E-state index in [1.165, 1.54) is 0 Å². The number of carbonyl (C=O) groups excluding carboxylic acids is 1. The first kappa shape index (κ1) is 13.9. The summed E-state index contributed by atoms with van der Waals surface area (Å²) in [5.74, 6) is 0.0839. The summed E-state index contributed by atoms with van der Waals surface area (Å²) in [5.41, 5.74) is 1.75. The number of nitrogens with one attached hydrogen (secondary N) is 1. The predicted molar refractivity (Wildman–Crippen MR) is 76.5 cm³/mol. The summed E-state index contributed by atoms with van der Waals surface area (Å²) in [6, 6.07) is 7.58. The minimum Gasteiger partial charge on any atom is -0.388 e. The van der Waals surface area contributed by atoms with Crippen LogP contribution in [0.15, 0.2) is 24.3 Å². The maximum atomic E-state index is 12.4. The van der Waals surface area contributed by atoms with E-state index in [9.17, 15) is 4.79 Å². The molecule has 0 spiro atoms. The Morgan fingerprint density at radius 3 is 2.68 bits per heavy atom. The van der Waals surface area contributed by atoms with Crippen molar-refractivity contribution in [3.63, 3.8) is 0 Å². The first-order valence-electron chi connectivity index (χ1n) is 6.93. The normalized spacial score (nSPS) is 18.3. The van der Waals surface area contributed by atoms with E-state index in [0.29, 0.717) is 13.1 Å². The standard InChI is InChI=1S/C15H22N2O2/c1-3-17(11-14-5-4-10-19-14)15(18)12-6-8-13(16-2)9-7-12/h6-9,14,16H,3-5,10-11H2,1-2H3. The van der Waals surface area contributed by atoms with Gasteiger partial charge in [-0.3, -0.25) is 4.79 Å². The molecular formula is C15H22N2O2. The van der Waals surface area contributed by atoms with Gasteiger partial charge in [0.05, 0.1) is 6.10 Å². The fourth-order valence-corrected chi connectivity index (χ4v) is 2.35. The van der Waals surface area contributed by atoms with Gasteiger partial charge in [-0.1, -0.05) is 0 Å². The predicted octanol–water partition coefficient (Wildman–Crippen LogP) is 2.37. The molecule has 2 rings (SSSR count). The van der Waals surface area contributed by atoms with Crippen LogP contribution in [0.4, 0.5) is 5.69 Å². The molecule has 1 aromatic carbocycles. The number of benzene rings is 1. The second-order valence-corrected chi connectivity index (χ2v) is 4.81. The Bertz CT molecular complexity index is 411. The molecule has 1 heterocycles. The zero-order valence-electron chi connectivity index (χ0n) is 11.7. The molecule has 4 nitrogen and oxygen atoms in total. The van der Waals surface area contributed by atoms with Crippen LogP contribution in [0.25, 0.3) is 0 Å². The summed E-state index contributed by atoms with van der Waals surface area (Å²) in [5, 5.41) is 3.05. The van der Waals surface area contributed by atoms with Crippen LogP contribution in [0.5, 0.6) is 0 Å². The van der Waals surface area contributed by atoms with Crippen molar-refractivity contribution in [3.8, 4) is 0 Å². The minimum atomic E-state index is 0.0839. The Labute approximate surface area is 114 Å². The summed E-state index contributed by atoms with van der Waals surface area (Å²) in [6.45, 7) is 4.25. The largest absolute Gasteiger partial charge is 0.388 e. The van der Waals surface area contributed by atoms with E-state index in [1.54, 1.807) is 0 Å². The molecule has 104 valence electrons. The summed E-state index contributed by atoms with van der Waals surface area (Å²) < 4.78 is 5.60. The third kappa shape index (κ3) is 3.47. The summed E-state index contributed by atoms with van der Waals surface area (Å²) >= 11 is 0. The Kier molecular flexibility index (Phi) is 4.80. The molecule has 1 saturated heterocycles. The fourth-order valence-electron chi connectivity index (χ4n) is 2.35. The lowest BCUT2D eigenvalue weighted by molar-refractivity contribution is 0.0539. The highest BCUT2D eigenvalue weighted by atomic mass is 16.5.